The van der Waals surface area contributed by atoms with E-state index in [1.165, 1.54) is 36.6 Å². The van der Waals surface area contributed by atoms with Gasteiger partial charge in [0.2, 0.25) is 14.9 Å². The third-order valence-corrected chi connectivity index (χ3v) is 7.22. The van der Waals surface area contributed by atoms with Crippen molar-refractivity contribution in [3.05, 3.63) is 48.6 Å². The summed E-state index contributed by atoms with van der Waals surface area (Å²) in [7, 11) is -2.49. The Bertz CT molecular complexity index is 904. The second-order valence-corrected chi connectivity index (χ2v) is 8.80. The van der Waals surface area contributed by atoms with Crippen molar-refractivity contribution < 1.29 is 18.1 Å². The number of hydrogen-bond acceptors (Lipinski definition) is 7. The van der Waals surface area contributed by atoms with Crippen molar-refractivity contribution in [1.29, 1.82) is 0 Å². The molecule has 23 heavy (non-hydrogen) atoms. The molecule has 0 saturated carbocycles. The Labute approximate surface area is 150 Å². The van der Waals surface area contributed by atoms with Gasteiger partial charge in [0.25, 0.3) is 5.69 Å². The average molecular weight is 436 g/mol. The maximum Gasteiger partial charge on any atom is 0.284 e. The fourth-order valence-corrected chi connectivity index (χ4v) is 5.22. The number of sulfone groups is 1. The Kier molecular flexibility index (Phi) is 5.19. The maximum atomic E-state index is 12.7. The van der Waals surface area contributed by atoms with E-state index in [1.54, 1.807) is 6.92 Å². The van der Waals surface area contributed by atoms with E-state index in [2.05, 4.69) is 15.9 Å². The quantitative estimate of drug-likeness (QED) is 0.411. The van der Waals surface area contributed by atoms with Crippen molar-refractivity contribution in [2.75, 3.05) is 7.11 Å². The fourth-order valence-electron chi connectivity index (χ4n) is 1.86. The van der Waals surface area contributed by atoms with Crippen LogP contribution in [0.25, 0.3) is 0 Å². The SMILES string of the molecule is COC(=S)c1cc(S(=O)(=O)c2ccc(Br)c([N+](=O)[O-])c2)c(C)s1. The molecule has 0 aliphatic rings. The summed E-state index contributed by atoms with van der Waals surface area (Å²) in [6.07, 6.45) is 0. The van der Waals surface area contributed by atoms with E-state index in [1.807, 2.05) is 0 Å². The summed E-state index contributed by atoms with van der Waals surface area (Å²) in [6, 6.07) is 5.12. The standard InChI is InChI=1S/C13H10BrNO5S3/c1-7-12(6-11(22-7)13(21)20-2)23(18,19)8-3-4-9(14)10(5-8)15(16)17/h3-6H,1-2H3. The molecule has 10 heteroatoms. The highest BCUT2D eigenvalue weighted by atomic mass is 79.9. The van der Waals surface area contributed by atoms with Crippen LogP contribution < -0.4 is 0 Å². The third-order valence-electron chi connectivity index (χ3n) is 2.97. The van der Waals surface area contributed by atoms with Crippen LogP contribution in [0.2, 0.25) is 0 Å². The third kappa shape index (κ3) is 3.44. The minimum absolute atomic E-state index is 0.0634. The molecule has 122 valence electrons. The van der Waals surface area contributed by atoms with Gasteiger partial charge in [-0.25, -0.2) is 8.42 Å². The highest BCUT2D eigenvalue weighted by Crippen LogP contribution is 2.34. The van der Waals surface area contributed by atoms with Gasteiger partial charge in [-0.2, -0.15) is 0 Å². The number of methoxy groups -OCH3 is 1. The highest BCUT2D eigenvalue weighted by molar-refractivity contribution is 9.10. The first-order valence-corrected chi connectivity index (χ1v) is 9.56. The van der Waals surface area contributed by atoms with Crippen LogP contribution in [0.5, 0.6) is 0 Å². The van der Waals surface area contributed by atoms with Crippen LogP contribution in [0.4, 0.5) is 5.69 Å². The van der Waals surface area contributed by atoms with Crippen molar-refractivity contribution in [3.8, 4) is 0 Å². The zero-order chi connectivity index (χ0) is 17.4. The number of nitrogens with zero attached hydrogens (tertiary/aromatic N) is 1. The van der Waals surface area contributed by atoms with E-state index in [0.29, 0.717) is 9.75 Å². The van der Waals surface area contributed by atoms with Gasteiger partial charge in [-0.1, -0.05) is 0 Å². The number of nitro groups is 1. The van der Waals surface area contributed by atoms with E-state index in [4.69, 9.17) is 17.0 Å². The number of thiocarbonyl (C=S) groups is 1. The first-order valence-electron chi connectivity index (χ1n) is 6.06. The molecule has 0 fully saturated rings. The van der Waals surface area contributed by atoms with Gasteiger partial charge < -0.3 is 4.74 Å². The number of nitro benzene ring substituents is 1. The number of thiophene rings is 1. The van der Waals surface area contributed by atoms with Crippen LogP contribution >= 0.6 is 39.5 Å². The molecule has 0 spiro atoms. The lowest BCUT2D eigenvalue weighted by Crippen LogP contribution is -2.03. The van der Waals surface area contributed by atoms with Gasteiger partial charge in [-0.05, 0) is 53.3 Å². The Balaban J connectivity index is 2.59. The number of benzene rings is 1. The molecule has 0 aliphatic carbocycles. The minimum atomic E-state index is -3.89. The molecule has 0 aliphatic heterocycles. The predicted octanol–water partition coefficient (Wildman–Crippen LogP) is 3.88. The molecule has 0 atom stereocenters. The second-order valence-electron chi connectivity index (χ2n) is 4.40. The monoisotopic (exact) mass is 435 g/mol. The van der Waals surface area contributed by atoms with Gasteiger partial charge in [0, 0.05) is 10.9 Å². The van der Waals surface area contributed by atoms with Gasteiger partial charge in [0.1, 0.15) is 0 Å². The Morgan fingerprint density at radius 2 is 2.04 bits per heavy atom. The number of rotatable bonds is 4. The number of halogens is 1. The van der Waals surface area contributed by atoms with E-state index in [-0.39, 0.29) is 25.0 Å². The summed E-state index contributed by atoms with van der Waals surface area (Å²) < 4.78 is 30.7. The minimum Gasteiger partial charge on any atom is -0.486 e. The van der Waals surface area contributed by atoms with Crippen LogP contribution in [0.15, 0.2) is 38.5 Å². The normalized spacial score (nSPS) is 11.3. The van der Waals surface area contributed by atoms with Crippen molar-refractivity contribution in [1.82, 2.24) is 0 Å². The molecular weight excluding hydrogens is 426 g/mol. The first kappa shape index (κ1) is 18.0. The molecule has 1 heterocycles. The largest absolute Gasteiger partial charge is 0.486 e. The molecule has 0 N–H and O–H groups in total. The van der Waals surface area contributed by atoms with E-state index < -0.39 is 14.8 Å². The molecule has 1 aromatic carbocycles. The Hall–Kier alpha value is -1.36. The summed E-state index contributed by atoms with van der Waals surface area (Å²) >= 11 is 9.23. The summed E-state index contributed by atoms with van der Waals surface area (Å²) in [5.74, 6) is 0. The summed E-state index contributed by atoms with van der Waals surface area (Å²) in [5.41, 5.74) is -0.313. The average Bonchev–Trinajstić information content (AvgIpc) is 2.89. The van der Waals surface area contributed by atoms with Crippen molar-refractivity contribution in [3.63, 3.8) is 0 Å². The zero-order valence-electron chi connectivity index (χ0n) is 11.9. The molecule has 2 aromatic rings. The summed E-state index contributed by atoms with van der Waals surface area (Å²) in [6.45, 7) is 1.65. The van der Waals surface area contributed by atoms with Crippen molar-refractivity contribution in [2.45, 2.75) is 16.7 Å². The topological polar surface area (TPSA) is 86.5 Å². The molecule has 0 unspecified atom stereocenters. The van der Waals surface area contributed by atoms with Gasteiger partial charge in [-0.3, -0.25) is 10.1 Å². The van der Waals surface area contributed by atoms with Gasteiger partial charge in [-0.15, -0.1) is 11.3 Å². The lowest BCUT2D eigenvalue weighted by Gasteiger charge is -2.04. The number of ether oxygens (including phenoxy) is 1. The van der Waals surface area contributed by atoms with Crippen LogP contribution in [-0.2, 0) is 14.6 Å². The fraction of sp³-hybridized carbons (Fsp3) is 0.154. The van der Waals surface area contributed by atoms with Crippen LogP contribution in [-0.4, -0.2) is 25.5 Å². The molecule has 0 amide bonds. The summed E-state index contributed by atoms with van der Waals surface area (Å²) in [5, 5.41) is 11.2. The maximum absolute atomic E-state index is 12.7. The van der Waals surface area contributed by atoms with Crippen LogP contribution in [0, 0.1) is 17.0 Å². The van der Waals surface area contributed by atoms with Gasteiger partial charge in [0.05, 0.1) is 31.2 Å². The number of hydrogen-bond donors (Lipinski definition) is 0. The molecule has 2 rings (SSSR count). The molecule has 0 saturated heterocycles. The summed E-state index contributed by atoms with van der Waals surface area (Å²) in [4.78, 5) is 11.3. The lowest BCUT2D eigenvalue weighted by atomic mass is 10.3. The van der Waals surface area contributed by atoms with E-state index >= 15 is 0 Å². The first-order chi connectivity index (χ1) is 10.7. The smallest absolute Gasteiger partial charge is 0.284 e. The number of aryl methyl sites for hydroxylation is 1. The molecule has 1 aromatic heterocycles. The van der Waals surface area contributed by atoms with Crippen LogP contribution in [0.3, 0.4) is 0 Å². The Morgan fingerprint density at radius 3 is 2.61 bits per heavy atom. The highest BCUT2D eigenvalue weighted by Gasteiger charge is 2.26. The molecular formula is C13H10BrNO5S3. The van der Waals surface area contributed by atoms with Gasteiger partial charge >= 0.3 is 0 Å². The Morgan fingerprint density at radius 1 is 1.39 bits per heavy atom. The van der Waals surface area contributed by atoms with Gasteiger partial charge in [0.15, 0.2) is 0 Å². The lowest BCUT2D eigenvalue weighted by molar-refractivity contribution is -0.385. The van der Waals surface area contributed by atoms with Crippen LogP contribution in [0.1, 0.15) is 9.75 Å². The van der Waals surface area contributed by atoms with E-state index in [0.717, 1.165) is 6.07 Å². The molecule has 6 nitrogen and oxygen atoms in total. The van der Waals surface area contributed by atoms with Crippen molar-refractivity contribution in [2.24, 2.45) is 0 Å². The zero-order valence-corrected chi connectivity index (χ0v) is 15.9. The molecule has 0 bridgehead atoms. The van der Waals surface area contributed by atoms with Crippen molar-refractivity contribution >= 4 is 60.1 Å². The second kappa shape index (κ2) is 6.63. The predicted molar refractivity (Wildman–Crippen MR) is 94.0 cm³/mol. The van der Waals surface area contributed by atoms with E-state index in [9.17, 15) is 18.5 Å². The molecule has 0 radical (unpaired) electrons.